The molecule has 0 spiro atoms. The number of sulfonamides is 1. The largest absolute Gasteiger partial charge is 0.322 e. The Kier molecular flexibility index (Phi) is 8.38. The van der Waals surface area contributed by atoms with Crippen molar-refractivity contribution in [3.8, 4) is 0 Å². The van der Waals surface area contributed by atoms with Crippen LogP contribution >= 0.6 is 27.7 Å². The summed E-state index contributed by atoms with van der Waals surface area (Å²) in [6.45, 7) is 11.0. The van der Waals surface area contributed by atoms with Gasteiger partial charge in [-0.15, -0.1) is 0 Å². The van der Waals surface area contributed by atoms with Crippen LogP contribution in [0.25, 0.3) is 0 Å². The van der Waals surface area contributed by atoms with Gasteiger partial charge in [0, 0.05) is 46.1 Å². The number of anilines is 1. The van der Waals surface area contributed by atoms with Gasteiger partial charge in [-0.05, 0) is 111 Å². The summed E-state index contributed by atoms with van der Waals surface area (Å²) in [5.41, 5.74) is 5.49. The lowest BCUT2D eigenvalue weighted by Gasteiger charge is -2.35. The minimum atomic E-state index is -3.66. The van der Waals surface area contributed by atoms with Crippen LogP contribution in [0, 0.1) is 34.6 Å². The van der Waals surface area contributed by atoms with Crippen molar-refractivity contribution in [2.75, 3.05) is 31.5 Å². The lowest BCUT2D eigenvalue weighted by Crippen LogP contribution is -2.51. The molecule has 3 aromatic rings. The number of carbonyl (C=O) groups is 1. The summed E-state index contributed by atoms with van der Waals surface area (Å²) >= 11 is 5.10. The molecule has 196 valence electrons. The minimum Gasteiger partial charge on any atom is -0.322 e. The standard InChI is InChI=1S/C28H32BrN3O3S2/c1-18-19(2)21(4)27(22(5)20(18)3)37(34,35)32-16-14-31(15-17-32)28(33)30-24-8-12-26(13-9-24)36-25-10-6-23(29)7-11-25/h6-13H,14-17H2,1-5H3,(H,30,33). The molecule has 0 bridgehead atoms. The Morgan fingerprint density at radius 1 is 0.757 bits per heavy atom. The van der Waals surface area contributed by atoms with Crippen molar-refractivity contribution >= 4 is 49.4 Å². The van der Waals surface area contributed by atoms with Gasteiger partial charge in [-0.25, -0.2) is 13.2 Å². The van der Waals surface area contributed by atoms with Gasteiger partial charge in [0.1, 0.15) is 0 Å². The molecule has 1 saturated heterocycles. The molecule has 3 aromatic carbocycles. The lowest BCUT2D eigenvalue weighted by molar-refractivity contribution is 0.184. The fraction of sp³-hybridized carbons (Fsp3) is 0.321. The first kappa shape index (κ1) is 27.7. The second kappa shape index (κ2) is 11.2. The zero-order chi connectivity index (χ0) is 26.9. The first-order valence-electron chi connectivity index (χ1n) is 12.2. The summed E-state index contributed by atoms with van der Waals surface area (Å²) in [4.78, 5) is 17.2. The minimum absolute atomic E-state index is 0.222. The van der Waals surface area contributed by atoms with Crippen LogP contribution in [0.4, 0.5) is 10.5 Å². The molecule has 37 heavy (non-hydrogen) atoms. The number of benzene rings is 3. The van der Waals surface area contributed by atoms with Crippen LogP contribution in [0.1, 0.15) is 27.8 Å². The van der Waals surface area contributed by atoms with Gasteiger partial charge in [0.2, 0.25) is 10.0 Å². The Morgan fingerprint density at radius 3 is 1.73 bits per heavy atom. The number of carbonyl (C=O) groups excluding carboxylic acids is 1. The third-order valence-corrected chi connectivity index (χ3v) is 10.9. The van der Waals surface area contributed by atoms with E-state index < -0.39 is 10.0 Å². The van der Waals surface area contributed by atoms with E-state index in [1.165, 1.54) is 4.31 Å². The fourth-order valence-electron chi connectivity index (χ4n) is 4.56. The second-order valence-corrected chi connectivity index (χ2v) is 13.3. The van der Waals surface area contributed by atoms with E-state index in [2.05, 4.69) is 21.2 Å². The van der Waals surface area contributed by atoms with Crippen molar-refractivity contribution < 1.29 is 13.2 Å². The molecular formula is C28H32BrN3O3S2. The summed E-state index contributed by atoms with van der Waals surface area (Å²) in [6, 6.07) is 15.6. The van der Waals surface area contributed by atoms with Crippen LogP contribution in [0.3, 0.4) is 0 Å². The van der Waals surface area contributed by atoms with Gasteiger partial charge >= 0.3 is 6.03 Å². The maximum atomic E-state index is 13.6. The van der Waals surface area contributed by atoms with Crippen LogP contribution in [0.5, 0.6) is 0 Å². The van der Waals surface area contributed by atoms with E-state index >= 15 is 0 Å². The predicted octanol–water partition coefficient (Wildman–Crippen LogP) is 6.68. The molecule has 1 aliphatic rings. The number of piperazine rings is 1. The number of urea groups is 1. The number of amides is 2. The highest BCUT2D eigenvalue weighted by Gasteiger charge is 2.33. The highest BCUT2D eigenvalue weighted by atomic mass is 79.9. The van der Waals surface area contributed by atoms with Crippen LogP contribution in [-0.4, -0.2) is 49.8 Å². The topological polar surface area (TPSA) is 69.7 Å². The van der Waals surface area contributed by atoms with Crippen molar-refractivity contribution in [1.82, 2.24) is 9.21 Å². The quantitative estimate of drug-likeness (QED) is 0.354. The zero-order valence-corrected chi connectivity index (χ0v) is 25.0. The number of halogens is 1. The van der Waals surface area contributed by atoms with E-state index in [1.807, 2.05) is 83.1 Å². The summed E-state index contributed by atoms with van der Waals surface area (Å²) in [7, 11) is -3.66. The third kappa shape index (κ3) is 5.90. The van der Waals surface area contributed by atoms with E-state index in [0.717, 1.165) is 42.1 Å². The highest BCUT2D eigenvalue weighted by molar-refractivity contribution is 9.10. The fourth-order valence-corrected chi connectivity index (χ4v) is 7.62. The van der Waals surface area contributed by atoms with Gasteiger partial charge in [-0.1, -0.05) is 27.7 Å². The number of hydrogen-bond donors (Lipinski definition) is 1. The summed E-state index contributed by atoms with van der Waals surface area (Å²) in [5.74, 6) is 0. The van der Waals surface area contributed by atoms with Crippen molar-refractivity contribution in [3.05, 3.63) is 80.8 Å². The molecular weight excluding hydrogens is 570 g/mol. The molecule has 4 rings (SSSR count). The zero-order valence-electron chi connectivity index (χ0n) is 21.8. The van der Waals surface area contributed by atoms with Crippen molar-refractivity contribution in [3.63, 3.8) is 0 Å². The molecule has 0 atom stereocenters. The number of hydrogen-bond acceptors (Lipinski definition) is 4. The normalized spacial score (nSPS) is 14.6. The lowest BCUT2D eigenvalue weighted by atomic mass is 9.95. The molecule has 0 unspecified atom stereocenters. The van der Waals surface area contributed by atoms with Crippen LogP contribution in [-0.2, 0) is 10.0 Å². The average molecular weight is 603 g/mol. The summed E-state index contributed by atoms with van der Waals surface area (Å²) < 4.78 is 29.7. The Morgan fingerprint density at radius 2 is 1.22 bits per heavy atom. The predicted molar refractivity (Wildman–Crippen MR) is 154 cm³/mol. The molecule has 0 saturated carbocycles. The highest BCUT2D eigenvalue weighted by Crippen LogP contribution is 2.32. The summed E-state index contributed by atoms with van der Waals surface area (Å²) in [6.07, 6.45) is 0. The SMILES string of the molecule is Cc1c(C)c(C)c(S(=O)(=O)N2CCN(C(=O)Nc3ccc(Sc4ccc(Br)cc4)cc3)CC2)c(C)c1C. The van der Waals surface area contributed by atoms with Gasteiger partial charge < -0.3 is 10.2 Å². The van der Waals surface area contributed by atoms with Gasteiger partial charge in [0.05, 0.1) is 4.90 Å². The second-order valence-electron chi connectivity index (χ2n) is 9.36. The van der Waals surface area contributed by atoms with E-state index in [4.69, 9.17) is 0 Å². The molecule has 1 fully saturated rings. The Hall–Kier alpha value is -2.33. The maximum absolute atomic E-state index is 13.6. The molecule has 0 aromatic heterocycles. The molecule has 0 aliphatic carbocycles. The monoisotopic (exact) mass is 601 g/mol. The number of rotatable bonds is 5. The van der Waals surface area contributed by atoms with Crippen LogP contribution < -0.4 is 5.32 Å². The summed E-state index contributed by atoms with van der Waals surface area (Å²) in [5, 5.41) is 2.94. The Bertz CT molecular complexity index is 1390. The van der Waals surface area contributed by atoms with Crippen molar-refractivity contribution in [2.24, 2.45) is 0 Å². The number of nitrogens with zero attached hydrogens (tertiary/aromatic N) is 2. The molecule has 6 nitrogen and oxygen atoms in total. The van der Waals surface area contributed by atoms with Crippen LogP contribution in [0.2, 0.25) is 0 Å². The molecule has 1 heterocycles. The first-order chi connectivity index (χ1) is 17.5. The average Bonchev–Trinajstić information content (AvgIpc) is 2.89. The van der Waals surface area contributed by atoms with E-state index in [1.54, 1.807) is 16.7 Å². The van der Waals surface area contributed by atoms with Gasteiger partial charge in [-0.2, -0.15) is 4.31 Å². The molecule has 9 heteroatoms. The van der Waals surface area contributed by atoms with E-state index in [0.29, 0.717) is 23.7 Å². The molecule has 2 amide bonds. The maximum Gasteiger partial charge on any atom is 0.321 e. The van der Waals surface area contributed by atoms with Gasteiger partial charge in [0.25, 0.3) is 0 Å². The molecule has 1 N–H and O–H groups in total. The number of nitrogens with one attached hydrogen (secondary N) is 1. The van der Waals surface area contributed by atoms with E-state index in [-0.39, 0.29) is 19.1 Å². The van der Waals surface area contributed by atoms with Gasteiger partial charge in [-0.3, -0.25) is 0 Å². The van der Waals surface area contributed by atoms with E-state index in [9.17, 15) is 13.2 Å². The van der Waals surface area contributed by atoms with Gasteiger partial charge in [0.15, 0.2) is 0 Å². The third-order valence-electron chi connectivity index (χ3n) is 7.21. The molecule has 1 aliphatic heterocycles. The van der Waals surface area contributed by atoms with Crippen LogP contribution in [0.15, 0.2) is 67.7 Å². The molecule has 0 radical (unpaired) electrons. The first-order valence-corrected chi connectivity index (χ1v) is 15.2. The Labute approximate surface area is 232 Å². The van der Waals surface area contributed by atoms with Crippen molar-refractivity contribution in [2.45, 2.75) is 49.3 Å². The Balaban J connectivity index is 1.38. The smallest absolute Gasteiger partial charge is 0.321 e. The van der Waals surface area contributed by atoms with Crippen molar-refractivity contribution in [1.29, 1.82) is 0 Å².